The average Bonchev–Trinajstić information content (AvgIpc) is 2.25. The SMILES string of the molecule is CCCC1(F)OC(F)(CCC)C(F)(F)C1(F)F. The Balaban J connectivity index is 3.19. The Labute approximate surface area is 95.1 Å². The van der Waals surface area contributed by atoms with E-state index in [1.807, 2.05) is 0 Å². The van der Waals surface area contributed by atoms with Crippen LogP contribution in [-0.2, 0) is 4.74 Å². The van der Waals surface area contributed by atoms with Crippen LogP contribution in [0.1, 0.15) is 39.5 Å². The molecule has 1 nitrogen and oxygen atoms in total. The van der Waals surface area contributed by atoms with Crippen LogP contribution in [0.3, 0.4) is 0 Å². The summed E-state index contributed by atoms with van der Waals surface area (Å²) in [7, 11) is 0. The molecule has 0 saturated carbocycles. The van der Waals surface area contributed by atoms with Crippen LogP contribution >= 0.6 is 0 Å². The lowest BCUT2D eigenvalue weighted by Crippen LogP contribution is -2.53. The van der Waals surface area contributed by atoms with Crippen molar-refractivity contribution >= 4 is 0 Å². The third-order valence-electron chi connectivity index (χ3n) is 2.80. The van der Waals surface area contributed by atoms with Gasteiger partial charge >= 0.3 is 11.8 Å². The zero-order valence-electron chi connectivity index (χ0n) is 9.50. The molecule has 0 aliphatic carbocycles. The molecule has 102 valence electrons. The molecule has 0 bridgehead atoms. The third-order valence-corrected chi connectivity index (χ3v) is 2.80. The van der Waals surface area contributed by atoms with E-state index in [9.17, 15) is 26.3 Å². The molecule has 2 unspecified atom stereocenters. The van der Waals surface area contributed by atoms with Gasteiger partial charge in [-0.3, -0.25) is 4.74 Å². The van der Waals surface area contributed by atoms with Crippen LogP contribution in [0.2, 0.25) is 0 Å². The maximum Gasteiger partial charge on any atom is 0.373 e. The molecule has 0 spiro atoms. The van der Waals surface area contributed by atoms with Gasteiger partial charge in [0.25, 0.3) is 11.7 Å². The first kappa shape index (κ1) is 14.6. The predicted octanol–water partition coefficient (Wildman–Crippen LogP) is 4.22. The Hall–Kier alpha value is -0.460. The zero-order chi connectivity index (χ0) is 13.5. The second-order valence-corrected chi connectivity index (χ2v) is 4.21. The smallest absolute Gasteiger partial charge is 0.298 e. The molecule has 7 heteroatoms. The maximum absolute atomic E-state index is 13.7. The molecule has 0 amide bonds. The van der Waals surface area contributed by atoms with Crippen molar-refractivity contribution in [1.82, 2.24) is 0 Å². The number of alkyl halides is 6. The molecule has 1 heterocycles. The fourth-order valence-corrected chi connectivity index (χ4v) is 1.91. The topological polar surface area (TPSA) is 9.23 Å². The Morgan fingerprint density at radius 3 is 1.24 bits per heavy atom. The van der Waals surface area contributed by atoms with Gasteiger partial charge in [0.1, 0.15) is 0 Å². The fourth-order valence-electron chi connectivity index (χ4n) is 1.91. The highest BCUT2D eigenvalue weighted by molar-refractivity contribution is 5.11. The van der Waals surface area contributed by atoms with Crippen molar-refractivity contribution in [2.75, 3.05) is 0 Å². The number of halogens is 6. The van der Waals surface area contributed by atoms with Gasteiger partial charge in [-0.1, -0.05) is 26.7 Å². The second-order valence-electron chi connectivity index (χ2n) is 4.21. The van der Waals surface area contributed by atoms with Crippen LogP contribution in [0.25, 0.3) is 0 Å². The van der Waals surface area contributed by atoms with E-state index in [1.54, 1.807) is 0 Å². The lowest BCUT2D eigenvalue weighted by Gasteiger charge is -2.27. The van der Waals surface area contributed by atoms with Crippen molar-refractivity contribution in [1.29, 1.82) is 0 Å². The largest absolute Gasteiger partial charge is 0.373 e. The van der Waals surface area contributed by atoms with E-state index in [0.717, 1.165) is 0 Å². The van der Waals surface area contributed by atoms with Crippen molar-refractivity contribution in [3.63, 3.8) is 0 Å². The van der Waals surface area contributed by atoms with E-state index in [-0.39, 0.29) is 12.8 Å². The predicted molar refractivity (Wildman–Crippen MR) is 48.5 cm³/mol. The van der Waals surface area contributed by atoms with E-state index in [1.165, 1.54) is 13.8 Å². The van der Waals surface area contributed by atoms with Gasteiger partial charge < -0.3 is 0 Å². The van der Waals surface area contributed by atoms with Gasteiger partial charge in [0.2, 0.25) is 0 Å². The van der Waals surface area contributed by atoms with Crippen LogP contribution in [0.4, 0.5) is 26.3 Å². The quantitative estimate of drug-likeness (QED) is 0.691. The summed E-state index contributed by atoms with van der Waals surface area (Å²) in [6.07, 6.45) is -2.29. The first-order chi connectivity index (χ1) is 7.58. The van der Waals surface area contributed by atoms with E-state index in [4.69, 9.17) is 0 Å². The molecule has 1 aliphatic heterocycles. The molecular formula is C10H14F6O. The summed E-state index contributed by atoms with van der Waals surface area (Å²) in [5.41, 5.74) is 0. The van der Waals surface area contributed by atoms with Gasteiger partial charge in [0.05, 0.1) is 0 Å². The minimum absolute atomic E-state index is 0.162. The molecule has 0 aromatic rings. The molecule has 0 aromatic heterocycles. The molecule has 1 aliphatic rings. The molecule has 0 N–H and O–H groups in total. The zero-order valence-corrected chi connectivity index (χ0v) is 9.50. The number of hydrogen-bond donors (Lipinski definition) is 0. The molecular weight excluding hydrogens is 250 g/mol. The molecule has 1 saturated heterocycles. The Kier molecular flexibility index (Phi) is 3.46. The first-order valence-electron chi connectivity index (χ1n) is 5.41. The highest BCUT2D eigenvalue weighted by Gasteiger charge is 2.86. The maximum atomic E-state index is 13.7. The highest BCUT2D eigenvalue weighted by atomic mass is 19.3. The second kappa shape index (κ2) is 4.03. The Bertz CT molecular complexity index is 267. The molecule has 0 aromatic carbocycles. The number of hydrogen-bond acceptors (Lipinski definition) is 1. The van der Waals surface area contributed by atoms with Gasteiger partial charge in [-0.15, -0.1) is 0 Å². The van der Waals surface area contributed by atoms with Gasteiger partial charge in [-0.25, -0.2) is 8.78 Å². The van der Waals surface area contributed by atoms with E-state index >= 15 is 0 Å². The fraction of sp³-hybridized carbons (Fsp3) is 1.00. The van der Waals surface area contributed by atoms with Crippen molar-refractivity contribution < 1.29 is 31.1 Å². The number of ether oxygens (including phenoxy) is 1. The van der Waals surface area contributed by atoms with E-state index in [2.05, 4.69) is 4.74 Å². The minimum Gasteiger partial charge on any atom is -0.298 e. The monoisotopic (exact) mass is 264 g/mol. The average molecular weight is 264 g/mol. The van der Waals surface area contributed by atoms with Crippen LogP contribution < -0.4 is 0 Å². The molecule has 2 atom stereocenters. The van der Waals surface area contributed by atoms with Crippen molar-refractivity contribution in [2.45, 2.75) is 63.1 Å². The van der Waals surface area contributed by atoms with Gasteiger partial charge in [-0.2, -0.15) is 17.6 Å². The summed E-state index contributed by atoms with van der Waals surface area (Å²) in [6.45, 7) is 2.63. The van der Waals surface area contributed by atoms with E-state index < -0.39 is 36.4 Å². The van der Waals surface area contributed by atoms with Gasteiger partial charge in [0.15, 0.2) is 0 Å². The highest BCUT2D eigenvalue weighted by Crippen LogP contribution is 2.62. The summed E-state index contributed by atoms with van der Waals surface area (Å²) in [6, 6.07) is 0. The van der Waals surface area contributed by atoms with Crippen molar-refractivity contribution in [3.05, 3.63) is 0 Å². The summed E-state index contributed by atoms with van der Waals surface area (Å²) < 4.78 is 84.4. The summed E-state index contributed by atoms with van der Waals surface area (Å²) in [4.78, 5) is 0. The Morgan fingerprint density at radius 1 is 0.706 bits per heavy atom. The Morgan fingerprint density at radius 2 is 1.00 bits per heavy atom. The van der Waals surface area contributed by atoms with Crippen LogP contribution in [0, 0.1) is 0 Å². The normalized spacial score (nSPS) is 39.5. The standard InChI is InChI=1S/C10H14F6O/c1-3-5-7(11)9(13,14)10(15,16)8(12,17-7)6-4-2/h3-6H2,1-2H3. The van der Waals surface area contributed by atoms with Crippen LogP contribution in [0.5, 0.6) is 0 Å². The van der Waals surface area contributed by atoms with Gasteiger partial charge in [-0.05, 0) is 0 Å². The molecule has 1 fully saturated rings. The van der Waals surface area contributed by atoms with E-state index in [0.29, 0.717) is 0 Å². The molecule has 0 radical (unpaired) electrons. The minimum atomic E-state index is -5.17. The lowest BCUT2D eigenvalue weighted by molar-refractivity contribution is -0.274. The first-order valence-corrected chi connectivity index (χ1v) is 5.41. The molecule has 17 heavy (non-hydrogen) atoms. The lowest BCUT2D eigenvalue weighted by atomic mass is 9.97. The molecule has 1 rings (SSSR count). The summed E-state index contributed by atoms with van der Waals surface area (Å²) >= 11 is 0. The summed E-state index contributed by atoms with van der Waals surface area (Å²) in [5.74, 6) is -18.2. The summed E-state index contributed by atoms with van der Waals surface area (Å²) in [5, 5.41) is 0. The van der Waals surface area contributed by atoms with Crippen molar-refractivity contribution in [3.8, 4) is 0 Å². The van der Waals surface area contributed by atoms with Gasteiger partial charge in [0, 0.05) is 12.8 Å². The van der Waals surface area contributed by atoms with Crippen LogP contribution in [-0.4, -0.2) is 23.6 Å². The van der Waals surface area contributed by atoms with Crippen molar-refractivity contribution in [2.24, 2.45) is 0 Å². The third kappa shape index (κ3) is 1.73. The number of rotatable bonds is 4. The van der Waals surface area contributed by atoms with Crippen LogP contribution in [0.15, 0.2) is 0 Å².